The van der Waals surface area contributed by atoms with Crippen LogP contribution >= 0.6 is 23.4 Å². The maximum atomic E-state index is 12.1. The third-order valence-electron chi connectivity index (χ3n) is 4.64. The molecule has 2 N–H and O–H groups in total. The van der Waals surface area contributed by atoms with E-state index in [4.69, 9.17) is 16.0 Å². The van der Waals surface area contributed by atoms with Gasteiger partial charge in [-0.3, -0.25) is 4.79 Å². The van der Waals surface area contributed by atoms with Gasteiger partial charge in [0.1, 0.15) is 5.82 Å². The van der Waals surface area contributed by atoms with Crippen LogP contribution in [-0.2, 0) is 4.79 Å². The number of anilines is 1. The Kier molecular flexibility index (Phi) is 5.62. The highest BCUT2D eigenvalue weighted by Crippen LogP contribution is 2.28. The number of benzene rings is 3. The summed E-state index contributed by atoms with van der Waals surface area (Å²) in [6.45, 7) is 0. The lowest BCUT2D eigenvalue weighted by molar-refractivity contribution is -0.113. The topological polar surface area (TPSA) is 96.7 Å². The number of amides is 1. The molecule has 0 aliphatic heterocycles. The van der Waals surface area contributed by atoms with Crippen molar-refractivity contribution < 1.29 is 9.21 Å². The van der Waals surface area contributed by atoms with Crippen molar-refractivity contribution in [3.05, 3.63) is 77.8 Å². The minimum atomic E-state index is -0.144. The zero-order valence-corrected chi connectivity index (χ0v) is 18.2. The Morgan fingerprint density at radius 1 is 1.00 bits per heavy atom. The van der Waals surface area contributed by atoms with Crippen LogP contribution in [0.1, 0.15) is 0 Å². The minimum Gasteiger partial charge on any atom is -0.411 e. The molecule has 0 unspecified atom stereocenters. The van der Waals surface area contributed by atoms with Gasteiger partial charge in [-0.15, -0.1) is 10.2 Å². The highest BCUT2D eigenvalue weighted by Gasteiger charge is 2.13. The molecular weight excluding hydrogens is 446 g/mol. The smallest absolute Gasteiger partial charge is 0.277 e. The van der Waals surface area contributed by atoms with Gasteiger partial charge in [-0.2, -0.15) is 0 Å². The van der Waals surface area contributed by atoms with Crippen molar-refractivity contribution in [3.63, 3.8) is 0 Å². The molecule has 158 valence electrons. The molecule has 0 radical (unpaired) electrons. The first kappa shape index (κ1) is 20.3. The molecule has 2 heterocycles. The van der Waals surface area contributed by atoms with Gasteiger partial charge in [-0.25, -0.2) is 4.98 Å². The van der Waals surface area contributed by atoms with Crippen molar-refractivity contribution in [3.8, 4) is 22.8 Å². The van der Waals surface area contributed by atoms with E-state index in [1.807, 2.05) is 72.8 Å². The number of rotatable bonds is 6. The fraction of sp³-hybridized carbons (Fsp3) is 0.0435. The van der Waals surface area contributed by atoms with E-state index in [1.54, 1.807) is 0 Å². The number of imidazole rings is 1. The van der Waals surface area contributed by atoms with Gasteiger partial charge in [0.15, 0.2) is 0 Å². The number of aromatic nitrogens is 4. The molecule has 0 atom stereocenters. The van der Waals surface area contributed by atoms with Crippen molar-refractivity contribution in [2.75, 3.05) is 11.1 Å². The molecule has 0 bridgehead atoms. The number of hydrogen-bond acceptors (Lipinski definition) is 6. The molecule has 0 fully saturated rings. The number of fused-ring (bicyclic) bond motifs is 1. The fourth-order valence-electron chi connectivity index (χ4n) is 3.12. The maximum Gasteiger partial charge on any atom is 0.277 e. The van der Waals surface area contributed by atoms with Gasteiger partial charge in [-0.1, -0.05) is 41.6 Å². The van der Waals surface area contributed by atoms with Crippen LogP contribution in [0, 0.1) is 0 Å². The average Bonchev–Trinajstić information content (AvgIpc) is 3.45. The summed E-state index contributed by atoms with van der Waals surface area (Å²) in [5.74, 6) is 1.15. The number of H-pyrrole nitrogens is 1. The Morgan fingerprint density at radius 2 is 1.78 bits per heavy atom. The molecule has 0 spiro atoms. The standard InChI is InChI=1S/C23H16ClN5O2S/c24-16-9-6-14(7-10-16)21-26-18-11-8-15(12-19(18)27-21)22-28-29-23(31-22)32-13-20(30)25-17-4-2-1-3-5-17/h1-12H,13H2,(H,25,30)(H,26,27). The molecule has 0 saturated carbocycles. The van der Waals surface area contributed by atoms with Crippen LogP contribution in [0.4, 0.5) is 5.69 Å². The second-order valence-electron chi connectivity index (χ2n) is 6.90. The summed E-state index contributed by atoms with van der Waals surface area (Å²) in [4.78, 5) is 20.0. The first-order valence-corrected chi connectivity index (χ1v) is 11.1. The average molecular weight is 462 g/mol. The summed E-state index contributed by atoms with van der Waals surface area (Å²) < 4.78 is 5.74. The van der Waals surface area contributed by atoms with E-state index in [-0.39, 0.29) is 11.7 Å². The summed E-state index contributed by atoms with van der Waals surface area (Å²) in [7, 11) is 0. The van der Waals surface area contributed by atoms with Crippen molar-refractivity contribution >= 4 is 46.0 Å². The second-order valence-corrected chi connectivity index (χ2v) is 8.26. The van der Waals surface area contributed by atoms with Gasteiger partial charge in [0, 0.05) is 21.8 Å². The molecule has 1 amide bonds. The quantitative estimate of drug-likeness (QED) is 0.316. The predicted molar refractivity (Wildman–Crippen MR) is 126 cm³/mol. The van der Waals surface area contributed by atoms with Crippen LogP contribution in [0.25, 0.3) is 33.9 Å². The Balaban J connectivity index is 1.28. The Bertz CT molecular complexity index is 1380. The molecule has 2 aromatic heterocycles. The van der Waals surface area contributed by atoms with Gasteiger partial charge in [0.2, 0.25) is 11.8 Å². The predicted octanol–water partition coefficient (Wildman–Crippen LogP) is 5.66. The van der Waals surface area contributed by atoms with E-state index in [0.29, 0.717) is 16.1 Å². The lowest BCUT2D eigenvalue weighted by atomic mass is 10.2. The van der Waals surface area contributed by atoms with Gasteiger partial charge >= 0.3 is 0 Å². The van der Waals surface area contributed by atoms with Crippen molar-refractivity contribution in [1.29, 1.82) is 0 Å². The number of thioether (sulfide) groups is 1. The molecule has 9 heteroatoms. The van der Waals surface area contributed by atoms with Crippen LogP contribution in [-0.4, -0.2) is 31.8 Å². The third kappa shape index (κ3) is 4.51. The number of carbonyl (C=O) groups is 1. The molecule has 0 saturated heterocycles. The van der Waals surface area contributed by atoms with Crippen LogP contribution in [0.3, 0.4) is 0 Å². The number of carbonyl (C=O) groups excluding carboxylic acids is 1. The number of hydrogen-bond donors (Lipinski definition) is 2. The van der Waals surface area contributed by atoms with E-state index in [2.05, 4.69) is 25.5 Å². The highest BCUT2D eigenvalue weighted by atomic mass is 35.5. The van der Waals surface area contributed by atoms with Crippen LogP contribution in [0.2, 0.25) is 5.02 Å². The maximum absolute atomic E-state index is 12.1. The number of nitrogens with zero attached hydrogens (tertiary/aromatic N) is 3. The van der Waals surface area contributed by atoms with E-state index < -0.39 is 0 Å². The summed E-state index contributed by atoms with van der Waals surface area (Å²) in [5.41, 5.74) is 4.12. The van der Waals surface area contributed by atoms with Gasteiger partial charge in [0.05, 0.1) is 16.8 Å². The van der Waals surface area contributed by atoms with Gasteiger partial charge in [-0.05, 0) is 54.6 Å². The van der Waals surface area contributed by atoms with Crippen LogP contribution < -0.4 is 5.32 Å². The molecule has 7 nitrogen and oxygen atoms in total. The Morgan fingerprint density at radius 3 is 2.59 bits per heavy atom. The molecule has 5 rings (SSSR count). The molecule has 0 aliphatic carbocycles. The zero-order valence-electron chi connectivity index (χ0n) is 16.6. The molecular formula is C23H16ClN5O2S. The third-order valence-corrected chi connectivity index (χ3v) is 5.71. The number of para-hydroxylation sites is 1. The summed E-state index contributed by atoms with van der Waals surface area (Å²) in [6.07, 6.45) is 0. The monoisotopic (exact) mass is 461 g/mol. The Hall–Kier alpha value is -3.62. The van der Waals surface area contributed by atoms with E-state index >= 15 is 0 Å². The van der Waals surface area contributed by atoms with Gasteiger partial charge in [0.25, 0.3) is 5.22 Å². The molecule has 5 aromatic rings. The summed E-state index contributed by atoms with van der Waals surface area (Å²) in [6, 6.07) is 22.4. The molecule has 32 heavy (non-hydrogen) atoms. The van der Waals surface area contributed by atoms with Crippen molar-refractivity contribution in [2.45, 2.75) is 5.22 Å². The zero-order chi connectivity index (χ0) is 21.9. The van der Waals surface area contributed by atoms with Gasteiger partial charge < -0.3 is 14.7 Å². The molecule has 3 aromatic carbocycles. The number of nitrogens with one attached hydrogen (secondary N) is 2. The summed E-state index contributed by atoms with van der Waals surface area (Å²) >= 11 is 7.15. The highest BCUT2D eigenvalue weighted by molar-refractivity contribution is 7.99. The number of aromatic amines is 1. The molecule has 0 aliphatic rings. The van der Waals surface area contributed by atoms with Crippen molar-refractivity contribution in [1.82, 2.24) is 20.2 Å². The second kappa shape index (κ2) is 8.86. The lowest BCUT2D eigenvalue weighted by Gasteiger charge is -2.02. The van der Waals surface area contributed by atoms with E-state index in [0.717, 1.165) is 33.7 Å². The van der Waals surface area contributed by atoms with Crippen LogP contribution in [0.15, 0.2) is 82.4 Å². The normalized spacial score (nSPS) is 11.0. The minimum absolute atomic E-state index is 0.144. The fourth-order valence-corrected chi connectivity index (χ4v) is 3.81. The Labute approximate surface area is 192 Å². The SMILES string of the molecule is O=C(CSc1nnc(-c2ccc3nc(-c4ccc(Cl)cc4)[nH]c3c2)o1)Nc1ccccc1. The van der Waals surface area contributed by atoms with E-state index in [1.165, 1.54) is 11.8 Å². The first-order valence-electron chi connectivity index (χ1n) is 9.71. The van der Waals surface area contributed by atoms with Crippen LogP contribution in [0.5, 0.6) is 0 Å². The first-order chi connectivity index (χ1) is 15.6. The number of halogens is 1. The summed E-state index contributed by atoms with van der Waals surface area (Å²) in [5, 5.41) is 12.0. The van der Waals surface area contributed by atoms with E-state index in [9.17, 15) is 4.79 Å². The van der Waals surface area contributed by atoms with Crippen molar-refractivity contribution in [2.24, 2.45) is 0 Å². The lowest BCUT2D eigenvalue weighted by Crippen LogP contribution is -2.13. The largest absolute Gasteiger partial charge is 0.411 e.